The summed E-state index contributed by atoms with van der Waals surface area (Å²) in [7, 11) is 0. The van der Waals surface area contributed by atoms with Crippen molar-refractivity contribution in [2.24, 2.45) is 17.6 Å². The Morgan fingerprint density at radius 1 is 1.38 bits per heavy atom. The van der Waals surface area contributed by atoms with Gasteiger partial charge >= 0.3 is 0 Å². The second-order valence-electron chi connectivity index (χ2n) is 5.99. The third kappa shape index (κ3) is 2.45. The Hall–Kier alpha value is -2.13. The lowest BCUT2D eigenvalue weighted by molar-refractivity contribution is -0.385. The molecule has 110 valence electrons. The highest BCUT2D eigenvalue weighted by Crippen LogP contribution is 2.38. The molecule has 3 unspecified atom stereocenters. The predicted octanol–water partition coefficient (Wildman–Crippen LogP) is 2.03. The average molecular weight is 286 g/mol. The maximum atomic E-state index is 11.1. The van der Waals surface area contributed by atoms with Gasteiger partial charge < -0.3 is 10.6 Å². The summed E-state index contributed by atoms with van der Waals surface area (Å²) in [6.07, 6.45) is 3.43. The molecule has 1 aromatic rings. The Morgan fingerprint density at radius 3 is 2.86 bits per heavy atom. The number of nitrogens with zero attached hydrogens (tertiary/aromatic N) is 3. The summed E-state index contributed by atoms with van der Waals surface area (Å²) in [4.78, 5) is 12.8. The van der Waals surface area contributed by atoms with Gasteiger partial charge in [-0.2, -0.15) is 5.26 Å². The lowest BCUT2D eigenvalue weighted by atomic mass is 9.78. The van der Waals surface area contributed by atoms with Crippen molar-refractivity contribution in [1.82, 2.24) is 0 Å². The second-order valence-corrected chi connectivity index (χ2v) is 5.99. The zero-order valence-corrected chi connectivity index (χ0v) is 11.7. The molecule has 0 aromatic heterocycles. The van der Waals surface area contributed by atoms with Crippen LogP contribution in [0.3, 0.4) is 0 Å². The molecule has 2 aliphatic rings. The summed E-state index contributed by atoms with van der Waals surface area (Å²) >= 11 is 0. The van der Waals surface area contributed by atoms with Crippen LogP contribution in [-0.4, -0.2) is 24.1 Å². The first kappa shape index (κ1) is 13.8. The molecule has 1 aromatic carbocycles. The van der Waals surface area contributed by atoms with Crippen molar-refractivity contribution in [1.29, 1.82) is 5.26 Å². The molecule has 1 heterocycles. The van der Waals surface area contributed by atoms with Gasteiger partial charge in [-0.3, -0.25) is 10.1 Å². The molecule has 2 N–H and O–H groups in total. The molecule has 21 heavy (non-hydrogen) atoms. The first-order valence-electron chi connectivity index (χ1n) is 7.29. The van der Waals surface area contributed by atoms with Crippen molar-refractivity contribution in [3.8, 4) is 6.07 Å². The van der Waals surface area contributed by atoms with Gasteiger partial charge in [0, 0.05) is 30.9 Å². The molecule has 6 heteroatoms. The Morgan fingerprint density at radius 2 is 2.19 bits per heavy atom. The number of nitrogens with two attached hydrogens (primary N) is 1. The molecule has 1 aliphatic carbocycles. The van der Waals surface area contributed by atoms with Gasteiger partial charge in [0.05, 0.1) is 4.92 Å². The van der Waals surface area contributed by atoms with Crippen molar-refractivity contribution in [3.63, 3.8) is 0 Å². The number of anilines is 1. The van der Waals surface area contributed by atoms with Gasteiger partial charge in [0.25, 0.3) is 5.69 Å². The van der Waals surface area contributed by atoms with Crippen LogP contribution in [0.2, 0.25) is 0 Å². The number of nitro benzene ring substituents is 1. The highest BCUT2D eigenvalue weighted by atomic mass is 16.6. The van der Waals surface area contributed by atoms with Gasteiger partial charge in [0.15, 0.2) is 0 Å². The minimum absolute atomic E-state index is 0.108. The molecule has 6 nitrogen and oxygen atoms in total. The Labute approximate surface area is 123 Å². The zero-order chi connectivity index (χ0) is 15.0. The first-order chi connectivity index (χ1) is 10.1. The van der Waals surface area contributed by atoms with Crippen molar-refractivity contribution < 1.29 is 4.92 Å². The monoisotopic (exact) mass is 286 g/mol. The van der Waals surface area contributed by atoms with E-state index >= 15 is 0 Å². The van der Waals surface area contributed by atoms with E-state index in [9.17, 15) is 10.1 Å². The lowest BCUT2D eigenvalue weighted by Gasteiger charge is -2.29. The van der Waals surface area contributed by atoms with Gasteiger partial charge in [-0.15, -0.1) is 0 Å². The summed E-state index contributed by atoms with van der Waals surface area (Å²) in [5.74, 6) is 1.07. The van der Waals surface area contributed by atoms with Gasteiger partial charge in [0.2, 0.25) is 0 Å². The van der Waals surface area contributed by atoms with E-state index in [1.165, 1.54) is 25.0 Å². The van der Waals surface area contributed by atoms with Gasteiger partial charge in [-0.1, -0.05) is 6.42 Å². The van der Waals surface area contributed by atoms with Crippen LogP contribution >= 0.6 is 0 Å². The average Bonchev–Trinajstić information content (AvgIpc) is 2.92. The smallest absolute Gasteiger partial charge is 0.289 e. The van der Waals surface area contributed by atoms with E-state index in [0.29, 0.717) is 11.8 Å². The summed E-state index contributed by atoms with van der Waals surface area (Å²) in [6.45, 7) is 1.76. The van der Waals surface area contributed by atoms with Crippen LogP contribution < -0.4 is 10.6 Å². The molecule has 0 radical (unpaired) electrons. The minimum atomic E-state index is -0.489. The van der Waals surface area contributed by atoms with E-state index in [2.05, 4.69) is 4.90 Å². The zero-order valence-electron chi connectivity index (χ0n) is 11.7. The fraction of sp³-hybridized carbons (Fsp3) is 0.533. The van der Waals surface area contributed by atoms with Crippen LogP contribution in [0.1, 0.15) is 24.8 Å². The third-order valence-corrected chi connectivity index (χ3v) is 4.82. The number of nitriles is 1. The standard InChI is InChI=1S/C15H18N4O2/c16-7-10-4-5-12(6-15(10)19(20)21)18-8-11-2-1-3-14(17)13(11)9-18/h4-6,11,13-14H,1-3,8-9,17H2. The molecule has 1 saturated carbocycles. The minimum Gasteiger partial charge on any atom is -0.371 e. The Balaban J connectivity index is 1.87. The SMILES string of the molecule is N#Cc1ccc(N2CC3CCCC(N)C3C2)cc1[N+](=O)[O-]. The van der Waals surface area contributed by atoms with Crippen LogP contribution in [0.4, 0.5) is 11.4 Å². The van der Waals surface area contributed by atoms with Crippen molar-refractivity contribution in [2.75, 3.05) is 18.0 Å². The van der Waals surface area contributed by atoms with Gasteiger partial charge in [0.1, 0.15) is 11.6 Å². The molecule has 0 bridgehead atoms. The van der Waals surface area contributed by atoms with Crippen LogP contribution in [0.25, 0.3) is 0 Å². The predicted molar refractivity (Wildman–Crippen MR) is 78.8 cm³/mol. The van der Waals surface area contributed by atoms with E-state index in [0.717, 1.165) is 25.2 Å². The molecule has 0 amide bonds. The number of nitro groups is 1. The highest BCUT2D eigenvalue weighted by Gasteiger charge is 2.39. The van der Waals surface area contributed by atoms with Crippen LogP contribution in [-0.2, 0) is 0 Å². The van der Waals surface area contributed by atoms with Crippen molar-refractivity contribution >= 4 is 11.4 Å². The second kappa shape index (κ2) is 5.34. The molecule has 1 aliphatic heterocycles. The maximum absolute atomic E-state index is 11.1. The largest absolute Gasteiger partial charge is 0.371 e. The summed E-state index contributed by atoms with van der Waals surface area (Å²) in [5, 5.41) is 20.0. The normalized spacial score (nSPS) is 28.0. The van der Waals surface area contributed by atoms with E-state index in [-0.39, 0.29) is 17.3 Å². The Kier molecular flexibility index (Phi) is 3.52. The fourth-order valence-corrected chi connectivity index (χ4v) is 3.69. The van der Waals surface area contributed by atoms with E-state index in [4.69, 9.17) is 11.0 Å². The number of hydrogen-bond donors (Lipinski definition) is 1. The molecule has 2 fully saturated rings. The highest BCUT2D eigenvalue weighted by molar-refractivity contribution is 5.60. The Bertz CT molecular complexity index is 610. The first-order valence-corrected chi connectivity index (χ1v) is 7.29. The number of fused-ring (bicyclic) bond motifs is 1. The van der Waals surface area contributed by atoms with E-state index in [1.54, 1.807) is 6.07 Å². The molecule has 1 saturated heterocycles. The molecule has 3 rings (SSSR count). The van der Waals surface area contributed by atoms with Crippen LogP contribution in [0.15, 0.2) is 18.2 Å². The topological polar surface area (TPSA) is 96.2 Å². The maximum Gasteiger partial charge on any atom is 0.289 e. The molecular weight excluding hydrogens is 268 g/mol. The van der Waals surface area contributed by atoms with Crippen molar-refractivity contribution in [2.45, 2.75) is 25.3 Å². The van der Waals surface area contributed by atoms with E-state index < -0.39 is 4.92 Å². The van der Waals surface area contributed by atoms with Gasteiger partial charge in [-0.05, 0) is 36.8 Å². The van der Waals surface area contributed by atoms with Crippen LogP contribution in [0.5, 0.6) is 0 Å². The summed E-state index contributed by atoms with van der Waals surface area (Å²) < 4.78 is 0. The van der Waals surface area contributed by atoms with Gasteiger partial charge in [-0.25, -0.2) is 0 Å². The number of benzene rings is 1. The molecule has 3 atom stereocenters. The number of rotatable bonds is 2. The molecule has 0 spiro atoms. The quantitative estimate of drug-likeness (QED) is 0.662. The third-order valence-electron chi connectivity index (χ3n) is 4.82. The van der Waals surface area contributed by atoms with E-state index in [1.807, 2.05) is 6.07 Å². The number of hydrogen-bond acceptors (Lipinski definition) is 5. The fourth-order valence-electron chi connectivity index (χ4n) is 3.69. The summed E-state index contributed by atoms with van der Waals surface area (Å²) in [5.41, 5.74) is 7.02. The van der Waals surface area contributed by atoms with Crippen LogP contribution in [0, 0.1) is 33.3 Å². The molecular formula is C15H18N4O2. The summed E-state index contributed by atoms with van der Waals surface area (Å²) in [6, 6.07) is 6.96. The van der Waals surface area contributed by atoms with Crippen molar-refractivity contribution in [3.05, 3.63) is 33.9 Å². The lowest BCUT2D eigenvalue weighted by Crippen LogP contribution is -2.38.